The van der Waals surface area contributed by atoms with Crippen LogP contribution in [0.2, 0.25) is 5.02 Å². The minimum Gasteiger partial charge on any atom is -0.361 e. The maximum Gasteiger partial charge on any atom is 0.161 e. The summed E-state index contributed by atoms with van der Waals surface area (Å²) in [5.74, 6) is 1.49. The van der Waals surface area contributed by atoms with Gasteiger partial charge in [-0.1, -0.05) is 23.7 Å². The van der Waals surface area contributed by atoms with Gasteiger partial charge in [0.05, 0.1) is 0 Å². The number of halogens is 1. The summed E-state index contributed by atoms with van der Waals surface area (Å²) in [5.41, 5.74) is 5.69. The Labute approximate surface area is 140 Å². The Morgan fingerprint density at radius 3 is 2.91 bits per heavy atom. The van der Waals surface area contributed by atoms with Crippen molar-refractivity contribution in [1.82, 2.24) is 5.32 Å². The number of thioether (sulfide) groups is 1. The van der Waals surface area contributed by atoms with Crippen LogP contribution >= 0.6 is 23.4 Å². The molecule has 114 valence electrons. The monoisotopic (exact) mass is 331 g/mol. The highest BCUT2D eigenvalue weighted by Gasteiger charge is 2.38. The van der Waals surface area contributed by atoms with Gasteiger partial charge in [0.25, 0.3) is 0 Å². The normalized spacial score (nSPS) is 24.3. The molecule has 2 heterocycles. The third kappa shape index (κ3) is 2.22. The molecule has 0 aromatic heterocycles. The predicted molar refractivity (Wildman–Crippen MR) is 92.1 cm³/mol. The van der Waals surface area contributed by atoms with Crippen molar-refractivity contribution in [1.29, 1.82) is 0 Å². The number of dihydropyridines is 1. The molecule has 1 N–H and O–H groups in total. The molecule has 0 radical (unpaired) electrons. The molecule has 0 spiro atoms. The van der Waals surface area contributed by atoms with Gasteiger partial charge in [-0.3, -0.25) is 4.79 Å². The molecule has 0 amide bonds. The molecule has 0 saturated carbocycles. The molecular weight excluding hydrogens is 314 g/mol. The van der Waals surface area contributed by atoms with Crippen LogP contribution in [0.3, 0.4) is 0 Å². The van der Waals surface area contributed by atoms with E-state index >= 15 is 0 Å². The molecule has 22 heavy (non-hydrogen) atoms. The summed E-state index contributed by atoms with van der Waals surface area (Å²) in [4.78, 5) is 13.9. The van der Waals surface area contributed by atoms with Crippen LogP contribution < -0.4 is 5.32 Å². The van der Waals surface area contributed by atoms with Crippen LogP contribution in [-0.4, -0.2) is 11.5 Å². The molecule has 0 saturated heterocycles. The van der Waals surface area contributed by atoms with Crippen molar-refractivity contribution in [3.05, 3.63) is 56.2 Å². The van der Waals surface area contributed by atoms with Gasteiger partial charge in [0, 0.05) is 45.0 Å². The van der Waals surface area contributed by atoms with E-state index in [4.69, 9.17) is 11.6 Å². The zero-order chi connectivity index (χ0) is 15.3. The van der Waals surface area contributed by atoms with Crippen molar-refractivity contribution >= 4 is 29.1 Å². The lowest BCUT2D eigenvalue weighted by molar-refractivity contribution is -0.116. The first kappa shape index (κ1) is 14.4. The van der Waals surface area contributed by atoms with Crippen molar-refractivity contribution in [3.8, 4) is 0 Å². The number of allylic oxidation sites excluding steroid dienone is 4. The highest BCUT2D eigenvalue weighted by Crippen LogP contribution is 2.50. The van der Waals surface area contributed by atoms with Crippen molar-refractivity contribution < 1.29 is 4.79 Å². The molecular formula is C18H18ClNOS. The number of hydrogen-bond acceptors (Lipinski definition) is 3. The summed E-state index contributed by atoms with van der Waals surface area (Å²) >= 11 is 8.23. The van der Waals surface area contributed by atoms with E-state index in [2.05, 4.69) is 17.4 Å². The van der Waals surface area contributed by atoms with E-state index in [0.29, 0.717) is 12.2 Å². The van der Waals surface area contributed by atoms with E-state index in [1.165, 1.54) is 10.6 Å². The average Bonchev–Trinajstić information content (AvgIpc) is 2.96. The van der Waals surface area contributed by atoms with E-state index in [-0.39, 0.29) is 5.92 Å². The Balaban J connectivity index is 1.87. The molecule has 0 bridgehead atoms. The SMILES string of the molecule is Cc1ccc(C2C3=C(CCS3)NC3=C2C(=O)CCC3)cc1Cl. The fourth-order valence-corrected chi connectivity index (χ4v) is 5.07. The maximum absolute atomic E-state index is 12.6. The second-order valence-electron chi connectivity index (χ2n) is 6.18. The minimum absolute atomic E-state index is 0.0876. The molecule has 1 aromatic rings. The van der Waals surface area contributed by atoms with Crippen molar-refractivity contribution in [2.45, 2.75) is 38.5 Å². The first-order valence-electron chi connectivity index (χ1n) is 7.80. The van der Waals surface area contributed by atoms with Crippen molar-refractivity contribution in [2.24, 2.45) is 0 Å². The van der Waals surface area contributed by atoms with E-state index < -0.39 is 0 Å². The second-order valence-corrected chi connectivity index (χ2v) is 7.72. The van der Waals surface area contributed by atoms with E-state index in [1.54, 1.807) is 0 Å². The van der Waals surface area contributed by atoms with Gasteiger partial charge in [0.2, 0.25) is 0 Å². The molecule has 4 rings (SSSR count). The van der Waals surface area contributed by atoms with Gasteiger partial charge in [0.15, 0.2) is 5.78 Å². The van der Waals surface area contributed by atoms with Gasteiger partial charge in [-0.2, -0.15) is 0 Å². The molecule has 4 heteroatoms. The van der Waals surface area contributed by atoms with Gasteiger partial charge in [-0.15, -0.1) is 11.8 Å². The third-order valence-corrected chi connectivity index (χ3v) is 6.35. The number of hydrogen-bond donors (Lipinski definition) is 1. The van der Waals surface area contributed by atoms with Gasteiger partial charge in [-0.25, -0.2) is 0 Å². The molecule has 2 nitrogen and oxygen atoms in total. The lowest BCUT2D eigenvalue weighted by atomic mass is 9.79. The smallest absolute Gasteiger partial charge is 0.161 e. The van der Waals surface area contributed by atoms with Gasteiger partial charge in [-0.05, 0) is 43.4 Å². The number of aryl methyl sites for hydroxylation is 1. The predicted octanol–water partition coefficient (Wildman–Crippen LogP) is 4.69. The van der Waals surface area contributed by atoms with E-state index in [9.17, 15) is 4.79 Å². The molecule has 3 aliphatic rings. The molecule has 2 aliphatic heterocycles. The van der Waals surface area contributed by atoms with Gasteiger partial charge >= 0.3 is 0 Å². The molecule has 1 unspecified atom stereocenters. The quantitative estimate of drug-likeness (QED) is 0.809. The summed E-state index contributed by atoms with van der Waals surface area (Å²) in [5, 5.41) is 4.34. The standard InChI is InChI=1S/C18H18ClNOS/c1-10-5-6-11(9-12(10)19)16-17-13(3-2-4-15(17)21)20-14-7-8-22-18(14)16/h5-6,9,16,20H,2-4,7-8H2,1H3. The van der Waals surface area contributed by atoms with Crippen LogP contribution in [0.25, 0.3) is 0 Å². The number of rotatable bonds is 1. The van der Waals surface area contributed by atoms with Crippen LogP contribution in [0, 0.1) is 6.92 Å². The molecule has 1 atom stereocenters. The number of Topliss-reactive ketones (excluding diaryl/α,β-unsaturated/α-hetero) is 1. The second kappa shape index (κ2) is 5.47. The number of nitrogens with one attached hydrogen (secondary N) is 1. The maximum atomic E-state index is 12.6. The first-order valence-corrected chi connectivity index (χ1v) is 9.16. The van der Waals surface area contributed by atoms with E-state index in [0.717, 1.165) is 52.4 Å². The molecule has 0 fully saturated rings. The Bertz CT molecular complexity index is 735. The Hall–Kier alpha value is -1.19. The third-order valence-electron chi connectivity index (χ3n) is 4.75. The lowest BCUT2D eigenvalue weighted by Crippen LogP contribution is -2.30. The first-order chi connectivity index (χ1) is 10.6. The number of benzene rings is 1. The summed E-state index contributed by atoms with van der Waals surface area (Å²) in [6.07, 6.45) is 3.69. The van der Waals surface area contributed by atoms with Gasteiger partial charge < -0.3 is 5.32 Å². The van der Waals surface area contributed by atoms with E-state index in [1.807, 2.05) is 24.8 Å². The summed E-state index contributed by atoms with van der Waals surface area (Å²) in [6.45, 7) is 2.01. The summed E-state index contributed by atoms with van der Waals surface area (Å²) < 4.78 is 0. The average molecular weight is 332 g/mol. The Morgan fingerprint density at radius 1 is 1.23 bits per heavy atom. The zero-order valence-corrected chi connectivity index (χ0v) is 14.1. The highest BCUT2D eigenvalue weighted by atomic mass is 35.5. The van der Waals surface area contributed by atoms with Crippen LogP contribution in [0.15, 0.2) is 40.1 Å². The van der Waals surface area contributed by atoms with Crippen LogP contribution in [0.1, 0.15) is 42.7 Å². The topological polar surface area (TPSA) is 29.1 Å². The number of carbonyl (C=O) groups is 1. The number of carbonyl (C=O) groups excluding carboxylic acids is 1. The Kier molecular flexibility index (Phi) is 3.58. The van der Waals surface area contributed by atoms with Crippen LogP contribution in [0.5, 0.6) is 0 Å². The van der Waals surface area contributed by atoms with Crippen LogP contribution in [0.4, 0.5) is 0 Å². The Morgan fingerprint density at radius 2 is 2.09 bits per heavy atom. The largest absolute Gasteiger partial charge is 0.361 e. The van der Waals surface area contributed by atoms with Crippen molar-refractivity contribution in [3.63, 3.8) is 0 Å². The zero-order valence-electron chi connectivity index (χ0n) is 12.5. The number of ketones is 1. The molecule has 1 aliphatic carbocycles. The highest BCUT2D eigenvalue weighted by molar-refractivity contribution is 8.03. The summed E-state index contributed by atoms with van der Waals surface area (Å²) in [7, 11) is 0. The van der Waals surface area contributed by atoms with Crippen molar-refractivity contribution in [2.75, 3.05) is 5.75 Å². The summed E-state index contributed by atoms with van der Waals surface area (Å²) in [6, 6.07) is 6.24. The fraction of sp³-hybridized carbons (Fsp3) is 0.389. The fourth-order valence-electron chi connectivity index (χ4n) is 3.60. The minimum atomic E-state index is 0.0876. The lowest BCUT2D eigenvalue weighted by Gasteiger charge is -2.33. The van der Waals surface area contributed by atoms with Gasteiger partial charge in [0.1, 0.15) is 0 Å². The van der Waals surface area contributed by atoms with Crippen LogP contribution in [-0.2, 0) is 4.79 Å². The molecule has 1 aromatic carbocycles.